The molecule has 6 nitrogen and oxygen atoms in total. The van der Waals surface area contributed by atoms with E-state index in [1.54, 1.807) is 26.4 Å². The smallest absolute Gasteiger partial charge is 0.331 e. The number of hydrogen-bond acceptors (Lipinski definition) is 6. The van der Waals surface area contributed by atoms with Gasteiger partial charge in [-0.15, -0.1) is 0 Å². The van der Waals surface area contributed by atoms with Crippen LogP contribution in [0.25, 0.3) is 0 Å². The Kier molecular flexibility index (Phi) is 12.9. The average molecular weight is 316 g/mol. The Hall–Kier alpha value is -1.49. The summed E-state index contributed by atoms with van der Waals surface area (Å²) in [6.07, 6.45) is 5.50. The summed E-state index contributed by atoms with van der Waals surface area (Å²) in [5.74, 6) is -1.18. The van der Waals surface area contributed by atoms with Crippen molar-refractivity contribution in [1.29, 1.82) is 0 Å². The van der Waals surface area contributed by atoms with Gasteiger partial charge in [-0.2, -0.15) is 0 Å². The standard InChI is InChI=1S/C12H20O6Si2/c1-15-19-9-3-7-17-11(13)5-6-12(14)18-8-4-10-20-16-2/h3-6,9-10H,7-8,19-20H2,1-2H3/b6-5+,9-3+,10-4+. The normalized spacial score (nSPS) is 12.7. The molecule has 0 rings (SSSR count). The molecule has 0 bridgehead atoms. The largest absolute Gasteiger partial charge is 0.458 e. The summed E-state index contributed by atoms with van der Waals surface area (Å²) >= 11 is 0. The molecule has 0 aromatic heterocycles. The SMILES string of the molecule is CO[SiH2]/C=C/COC(=O)/C=C/C(=O)OC/C=C/[SiH2]OC. The van der Waals surface area contributed by atoms with Crippen LogP contribution < -0.4 is 0 Å². The molecule has 0 aliphatic rings. The zero-order valence-corrected chi connectivity index (χ0v) is 14.6. The second kappa shape index (κ2) is 13.9. The van der Waals surface area contributed by atoms with E-state index in [1.807, 2.05) is 11.4 Å². The maximum atomic E-state index is 11.2. The molecule has 112 valence electrons. The van der Waals surface area contributed by atoms with E-state index in [9.17, 15) is 9.59 Å². The first-order chi connectivity index (χ1) is 9.70. The van der Waals surface area contributed by atoms with E-state index >= 15 is 0 Å². The first kappa shape index (κ1) is 18.5. The minimum absolute atomic E-state index is 0.166. The third-order valence-corrected chi connectivity index (χ3v) is 3.58. The Morgan fingerprint density at radius 2 is 1.25 bits per heavy atom. The van der Waals surface area contributed by atoms with Crippen molar-refractivity contribution in [2.75, 3.05) is 27.4 Å². The van der Waals surface area contributed by atoms with Gasteiger partial charge in [0.15, 0.2) is 19.5 Å². The molecular formula is C12H20O6Si2. The quantitative estimate of drug-likeness (QED) is 0.296. The third kappa shape index (κ3) is 13.0. The van der Waals surface area contributed by atoms with Gasteiger partial charge in [-0.3, -0.25) is 0 Å². The van der Waals surface area contributed by atoms with Crippen molar-refractivity contribution in [3.8, 4) is 0 Å². The molecule has 0 aliphatic heterocycles. The molecule has 0 N–H and O–H groups in total. The van der Waals surface area contributed by atoms with Crippen molar-refractivity contribution in [3.63, 3.8) is 0 Å². The van der Waals surface area contributed by atoms with Gasteiger partial charge < -0.3 is 18.3 Å². The lowest BCUT2D eigenvalue weighted by molar-refractivity contribution is -0.139. The summed E-state index contributed by atoms with van der Waals surface area (Å²) in [5, 5.41) is 0. The van der Waals surface area contributed by atoms with E-state index in [-0.39, 0.29) is 13.2 Å². The van der Waals surface area contributed by atoms with Crippen molar-refractivity contribution in [3.05, 3.63) is 35.7 Å². The van der Waals surface area contributed by atoms with Crippen LogP contribution in [-0.4, -0.2) is 58.9 Å². The molecule has 0 aliphatic carbocycles. The number of rotatable bonds is 10. The molecule has 0 unspecified atom stereocenters. The first-order valence-corrected chi connectivity index (χ1v) is 8.79. The van der Waals surface area contributed by atoms with Crippen molar-refractivity contribution in [1.82, 2.24) is 0 Å². The van der Waals surface area contributed by atoms with Gasteiger partial charge in [0.25, 0.3) is 0 Å². The van der Waals surface area contributed by atoms with Crippen LogP contribution >= 0.6 is 0 Å². The lowest BCUT2D eigenvalue weighted by Crippen LogP contribution is -2.05. The predicted molar refractivity (Wildman–Crippen MR) is 80.4 cm³/mol. The zero-order valence-electron chi connectivity index (χ0n) is 11.7. The van der Waals surface area contributed by atoms with Crippen LogP contribution in [0.4, 0.5) is 0 Å². The molecule has 0 amide bonds. The van der Waals surface area contributed by atoms with Gasteiger partial charge in [0.05, 0.1) is 0 Å². The second-order valence-electron chi connectivity index (χ2n) is 3.45. The number of hydrogen-bond donors (Lipinski definition) is 0. The number of esters is 2. The fourth-order valence-electron chi connectivity index (χ4n) is 0.957. The maximum absolute atomic E-state index is 11.2. The molecule has 0 heterocycles. The van der Waals surface area contributed by atoms with E-state index in [4.69, 9.17) is 18.3 Å². The lowest BCUT2D eigenvalue weighted by atomic mass is 10.5. The topological polar surface area (TPSA) is 71.1 Å². The second-order valence-corrected chi connectivity index (χ2v) is 6.21. The first-order valence-electron chi connectivity index (χ1n) is 6.00. The highest BCUT2D eigenvalue weighted by Gasteiger charge is 1.98. The van der Waals surface area contributed by atoms with Gasteiger partial charge in [0, 0.05) is 26.4 Å². The Balaban J connectivity index is 3.74. The fourth-order valence-corrected chi connectivity index (χ4v) is 1.89. The highest BCUT2D eigenvalue weighted by Crippen LogP contribution is 1.87. The Morgan fingerprint density at radius 3 is 1.60 bits per heavy atom. The lowest BCUT2D eigenvalue weighted by Gasteiger charge is -1.97. The molecule has 0 atom stereocenters. The average Bonchev–Trinajstić information content (AvgIpc) is 2.44. The van der Waals surface area contributed by atoms with Crippen LogP contribution in [0.2, 0.25) is 0 Å². The van der Waals surface area contributed by atoms with Crippen molar-refractivity contribution < 1.29 is 27.9 Å². The Bertz CT molecular complexity index is 331. The summed E-state index contributed by atoms with van der Waals surface area (Å²) in [7, 11) is 1.98. The van der Waals surface area contributed by atoms with E-state index < -0.39 is 31.5 Å². The van der Waals surface area contributed by atoms with Gasteiger partial charge in [0.2, 0.25) is 0 Å². The monoisotopic (exact) mass is 316 g/mol. The van der Waals surface area contributed by atoms with Crippen LogP contribution in [0, 0.1) is 0 Å². The van der Waals surface area contributed by atoms with E-state index in [0.717, 1.165) is 12.2 Å². The van der Waals surface area contributed by atoms with Crippen molar-refractivity contribution >= 4 is 31.5 Å². The molecule has 0 spiro atoms. The maximum Gasteiger partial charge on any atom is 0.331 e. The summed E-state index contributed by atoms with van der Waals surface area (Å²) in [4.78, 5) is 22.4. The minimum atomic E-state index is -0.640. The van der Waals surface area contributed by atoms with Gasteiger partial charge >= 0.3 is 11.9 Å². The molecule has 0 fully saturated rings. The molecular weight excluding hydrogens is 296 g/mol. The Labute approximate surface area is 123 Å². The predicted octanol–water partition coefficient (Wildman–Crippen LogP) is -0.883. The number of carbonyl (C=O) groups is 2. The van der Waals surface area contributed by atoms with Crippen LogP contribution in [0.5, 0.6) is 0 Å². The summed E-state index contributed by atoms with van der Waals surface area (Å²) in [6, 6.07) is 0. The van der Waals surface area contributed by atoms with Crippen LogP contribution in [0.1, 0.15) is 0 Å². The van der Waals surface area contributed by atoms with Crippen molar-refractivity contribution in [2.45, 2.75) is 0 Å². The van der Waals surface area contributed by atoms with Crippen LogP contribution in [0.15, 0.2) is 35.7 Å². The van der Waals surface area contributed by atoms with Crippen LogP contribution in [-0.2, 0) is 27.9 Å². The van der Waals surface area contributed by atoms with E-state index in [1.165, 1.54) is 0 Å². The molecule has 8 heteroatoms. The number of ether oxygens (including phenoxy) is 2. The summed E-state index contributed by atoms with van der Waals surface area (Å²) in [5.41, 5.74) is 3.72. The van der Waals surface area contributed by atoms with Gasteiger partial charge in [-0.25, -0.2) is 9.59 Å². The molecule has 0 aromatic carbocycles. The highest BCUT2D eigenvalue weighted by atomic mass is 28.2. The third-order valence-electron chi connectivity index (χ3n) is 1.86. The molecule has 0 radical (unpaired) electrons. The highest BCUT2D eigenvalue weighted by molar-refractivity contribution is 6.34. The zero-order chi connectivity index (χ0) is 15.1. The molecule has 20 heavy (non-hydrogen) atoms. The Morgan fingerprint density at radius 1 is 0.850 bits per heavy atom. The van der Waals surface area contributed by atoms with Crippen LogP contribution in [0.3, 0.4) is 0 Å². The number of carbonyl (C=O) groups excluding carboxylic acids is 2. The van der Waals surface area contributed by atoms with Gasteiger partial charge in [-0.05, 0) is 0 Å². The van der Waals surface area contributed by atoms with E-state index in [2.05, 4.69) is 0 Å². The van der Waals surface area contributed by atoms with Gasteiger partial charge in [-0.1, -0.05) is 23.6 Å². The summed E-state index contributed by atoms with van der Waals surface area (Å²) in [6.45, 7) is 0.331. The molecule has 0 saturated heterocycles. The van der Waals surface area contributed by atoms with Crippen molar-refractivity contribution in [2.24, 2.45) is 0 Å². The molecule has 0 saturated carbocycles. The molecule has 0 aromatic rings. The minimum Gasteiger partial charge on any atom is -0.458 e. The summed E-state index contributed by atoms with van der Waals surface area (Å²) < 4.78 is 19.5. The fraction of sp³-hybridized carbons (Fsp3) is 0.333. The van der Waals surface area contributed by atoms with Gasteiger partial charge in [0.1, 0.15) is 13.2 Å². The van der Waals surface area contributed by atoms with E-state index in [0.29, 0.717) is 0 Å².